The van der Waals surface area contributed by atoms with Crippen LogP contribution in [0.2, 0.25) is 0 Å². The first-order valence-corrected chi connectivity index (χ1v) is 11.5. The summed E-state index contributed by atoms with van der Waals surface area (Å²) >= 11 is 0. The predicted octanol–water partition coefficient (Wildman–Crippen LogP) is 6.85. The van der Waals surface area contributed by atoms with E-state index in [2.05, 4.69) is 63.6 Å². The van der Waals surface area contributed by atoms with Crippen molar-refractivity contribution in [2.24, 2.45) is 0 Å². The Morgan fingerprint density at radius 2 is 1.00 bits per heavy atom. The molecular formula is C30H19N5. The molecule has 5 nitrogen and oxygen atoms in total. The van der Waals surface area contributed by atoms with Crippen LogP contribution in [0.1, 0.15) is 0 Å². The molecule has 0 spiro atoms. The van der Waals surface area contributed by atoms with E-state index in [1.165, 1.54) is 0 Å². The molecule has 0 atom stereocenters. The second kappa shape index (κ2) is 7.85. The van der Waals surface area contributed by atoms with Gasteiger partial charge in [-0.3, -0.25) is 9.97 Å². The van der Waals surface area contributed by atoms with Crippen molar-refractivity contribution in [3.63, 3.8) is 0 Å². The van der Waals surface area contributed by atoms with Gasteiger partial charge in [-0.25, -0.2) is 0 Å². The fraction of sp³-hybridized carbons (Fsp3) is 0. The first-order chi connectivity index (χ1) is 17.3. The minimum Gasteiger partial charge on any atom is -0.256 e. The van der Waals surface area contributed by atoms with Gasteiger partial charge in [0.15, 0.2) is 0 Å². The second-order valence-electron chi connectivity index (χ2n) is 8.57. The van der Waals surface area contributed by atoms with Crippen molar-refractivity contribution in [1.29, 1.82) is 0 Å². The Labute approximate surface area is 201 Å². The lowest BCUT2D eigenvalue weighted by molar-refractivity contribution is 0.766. The van der Waals surface area contributed by atoms with Crippen LogP contribution in [0, 0.1) is 0 Å². The highest BCUT2D eigenvalue weighted by molar-refractivity contribution is 5.87. The SMILES string of the molecule is c1ccc2ncc(-c3ccc(-n4nc5ccc(-c6cnc7ccccc7c6)cc5n4)cc3)cc2c1. The van der Waals surface area contributed by atoms with Crippen molar-refractivity contribution in [3.05, 3.63) is 116 Å². The number of rotatable bonds is 3. The van der Waals surface area contributed by atoms with Crippen LogP contribution >= 0.6 is 0 Å². The lowest BCUT2D eigenvalue weighted by Crippen LogP contribution is -1.98. The average Bonchev–Trinajstić information content (AvgIpc) is 3.36. The number of benzene rings is 4. The maximum absolute atomic E-state index is 4.75. The highest BCUT2D eigenvalue weighted by atomic mass is 15.5. The van der Waals surface area contributed by atoms with Crippen molar-refractivity contribution in [3.8, 4) is 27.9 Å². The van der Waals surface area contributed by atoms with Crippen LogP contribution in [0.3, 0.4) is 0 Å². The molecule has 5 heteroatoms. The fourth-order valence-electron chi connectivity index (χ4n) is 4.45. The largest absolute Gasteiger partial charge is 0.256 e. The lowest BCUT2D eigenvalue weighted by Gasteiger charge is -2.05. The van der Waals surface area contributed by atoms with E-state index < -0.39 is 0 Å². The third-order valence-electron chi connectivity index (χ3n) is 6.33. The molecule has 7 rings (SSSR count). The normalized spacial score (nSPS) is 11.4. The van der Waals surface area contributed by atoms with Crippen molar-refractivity contribution >= 4 is 32.8 Å². The highest BCUT2D eigenvalue weighted by Crippen LogP contribution is 2.27. The molecule has 164 valence electrons. The third-order valence-corrected chi connectivity index (χ3v) is 6.33. The Morgan fingerprint density at radius 3 is 1.69 bits per heavy atom. The summed E-state index contributed by atoms with van der Waals surface area (Å²) in [7, 11) is 0. The van der Waals surface area contributed by atoms with Crippen LogP contribution in [0.25, 0.3) is 60.8 Å². The molecule has 7 aromatic rings. The molecule has 0 saturated heterocycles. The van der Waals surface area contributed by atoms with E-state index in [1.807, 2.05) is 67.0 Å². The number of fused-ring (bicyclic) bond motifs is 3. The summed E-state index contributed by atoms with van der Waals surface area (Å²) in [6.45, 7) is 0. The van der Waals surface area contributed by atoms with Gasteiger partial charge in [-0.1, -0.05) is 54.6 Å². The molecule has 35 heavy (non-hydrogen) atoms. The van der Waals surface area contributed by atoms with E-state index in [9.17, 15) is 0 Å². The van der Waals surface area contributed by atoms with Gasteiger partial charge in [-0.2, -0.15) is 4.80 Å². The van der Waals surface area contributed by atoms with Gasteiger partial charge in [-0.05, 0) is 59.7 Å². The topological polar surface area (TPSA) is 56.5 Å². The van der Waals surface area contributed by atoms with Crippen molar-refractivity contribution in [2.45, 2.75) is 0 Å². The van der Waals surface area contributed by atoms with Crippen molar-refractivity contribution in [1.82, 2.24) is 25.0 Å². The first kappa shape index (κ1) is 19.6. The molecule has 3 heterocycles. The van der Waals surface area contributed by atoms with Gasteiger partial charge in [-0.15, -0.1) is 10.2 Å². The van der Waals surface area contributed by atoms with E-state index in [1.54, 1.807) is 4.80 Å². The molecule has 0 fully saturated rings. The molecule has 0 N–H and O–H groups in total. The molecule has 0 saturated carbocycles. The summed E-state index contributed by atoms with van der Waals surface area (Å²) in [6.07, 6.45) is 3.83. The predicted molar refractivity (Wildman–Crippen MR) is 140 cm³/mol. The Hall–Kier alpha value is -4.90. The van der Waals surface area contributed by atoms with Crippen LogP contribution in [0.4, 0.5) is 0 Å². The van der Waals surface area contributed by atoms with E-state index in [0.717, 1.165) is 60.8 Å². The third kappa shape index (κ3) is 3.50. The molecule has 4 aromatic carbocycles. The Bertz CT molecular complexity index is 1850. The summed E-state index contributed by atoms with van der Waals surface area (Å²) in [4.78, 5) is 10.9. The Kier molecular flexibility index (Phi) is 4.39. The summed E-state index contributed by atoms with van der Waals surface area (Å²) in [5.74, 6) is 0. The number of pyridine rings is 2. The van der Waals surface area contributed by atoms with Gasteiger partial charge in [0.1, 0.15) is 11.0 Å². The van der Waals surface area contributed by atoms with Crippen molar-refractivity contribution in [2.75, 3.05) is 0 Å². The van der Waals surface area contributed by atoms with Gasteiger partial charge < -0.3 is 0 Å². The standard InChI is InChI=1S/C30H19N5/c1-3-7-27-22(5-1)15-24(18-31-27)20-9-12-26(13-10-20)35-33-29-14-11-21(17-30(29)34-35)25-16-23-6-2-4-8-28(23)32-19-25/h1-19H. The van der Waals surface area contributed by atoms with Gasteiger partial charge in [0.05, 0.1) is 16.7 Å². The molecule has 0 unspecified atom stereocenters. The van der Waals surface area contributed by atoms with Crippen molar-refractivity contribution < 1.29 is 0 Å². The van der Waals surface area contributed by atoms with Gasteiger partial charge >= 0.3 is 0 Å². The van der Waals surface area contributed by atoms with Crippen LogP contribution in [-0.2, 0) is 0 Å². The summed E-state index contributed by atoms with van der Waals surface area (Å²) in [5.41, 5.74) is 8.93. The Balaban J connectivity index is 1.21. The van der Waals surface area contributed by atoms with E-state index >= 15 is 0 Å². The number of nitrogens with zero attached hydrogens (tertiary/aromatic N) is 5. The maximum Gasteiger partial charge on any atom is 0.114 e. The van der Waals surface area contributed by atoms with Gasteiger partial charge in [0.2, 0.25) is 0 Å². The highest BCUT2D eigenvalue weighted by Gasteiger charge is 2.09. The quantitative estimate of drug-likeness (QED) is 0.296. The molecule has 0 amide bonds. The number of aromatic nitrogens is 5. The van der Waals surface area contributed by atoms with Gasteiger partial charge in [0.25, 0.3) is 0 Å². The minimum absolute atomic E-state index is 0.846. The summed E-state index contributed by atoms with van der Waals surface area (Å²) in [6, 6.07) is 35.0. The maximum atomic E-state index is 4.75. The second-order valence-corrected chi connectivity index (χ2v) is 8.57. The molecule has 0 aliphatic rings. The van der Waals surface area contributed by atoms with E-state index in [4.69, 9.17) is 5.10 Å². The first-order valence-electron chi connectivity index (χ1n) is 11.5. The fourth-order valence-corrected chi connectivity index (χ4v) is 4.45. The molecule has 0 bridgehead atoms. The molecule has 0 aliphatic carbocycles. The zero-order valence-corrected chi connectivity index (χ0v) is 18.7. The molecule has 0 radical (unpaired) electrons. The number of hydrogen-bond acceptors (Lipinski definition) is 4. The van der Waals surface area contributed by atoms with Crippen LogP contribution in [0.15, 0.2) is 116 Å². The number of hydrogen-bond donors (Lipinski definition) is 0. The zero-order chi connectivity index (χ0) is 23.2. The summed E-state index contributed by atoms with van der Waals surface area (Å²) in [5, 5.41) is 11.7. The molecular weight excluding hydrogens is 430 g/mol. The zero-order valence-electron chi connectivity index (χ0n) is 18.7. The molecule has 0 aliphatic heterocycles. The van der Waals surface area contributed by atoms with Gasteiger partial charge in [0, 0.05) is 34.3 Å². The van der Waals surface area contributed by atoms with Crippen LogP contribution in [0.5, 0.6) is 0 Å². The average molecular weight is 450 g/mol. The smallest absolute Gasteiger partial charge is 0.114 e. The van der Waals surface area contributed by atoms with E-state index in [0.29, 0.717) is 0 Å². The minimum atomic E-state index is 0.846. The van der Waals surface area contributed by atoms with Crippen LogP contribution < -0.4 is 0 Å². The monoisotopic (exact) mass is 449 g/mol. The van der Waals surface area contributed by atoms with E-state index in [-0.39, 0.29) is 0 Å². The summed E-state index contributed by atoms with van der Waals surface area (Å²) < 4.78 is 0. The Morgan fingerprint density at radius 1 is 0.429 bits per heavy atom. The molecule has 3 aromatic heterocycles. The number of para-hydroxylation sites is 2. The van der Waals surface area contributed by atoms with Crippen LogP contribution in [-0.4, -0.2) is 25.0 Å². The lowest BCUT2D eigenvalue weighted by atomic mass is 10.0.